The molecule has 80 valence electrons. The zero-order chi connectivity index (χ0) is 9.99. The Morgan fingerprint density at radius 1 is 1.00 bits per heavy atom. The van der Waals surface area contributed by atoms with Crippen molar-refractivity contribution in [3.8, 4) is 0 Å². The van der Waals surface area contributed by atoms with Gasteiger partial charge in [0.1, 0.15) is 11.6 Å². The van der Waals surface area contributed by atoms with Crippen molar-refractivity contribution in [2.75, 3.05) is 0 Å². The highest BCUT2D eigenvalue weighted by atomic mass is 15.3. The first-order chi connectivity index (χ1) is 7.31. The third-order valence-corrected chi connectivity index (χ3v) is 4.74. The third kappa shape index (κ3) is 1.01. The summed E-state index contributed by atoms with van der Waals surface area (Å²) >= 11 is 0. The minimum Gasteiger partial charge on any atom is -0.312 e. The topological polar surface area (TPSA) is 30.7 Å². The molecule has 0 N–H and O–H groups in total. The maximum atomic E-state index is 4.43. The first-order valence-electron chi connectivity index (χ1n) is 6.22. The lowest BCUT2D eigenvalue weighted by Crippen LogP contribution is -2.27. The van der Waals surface area contributed by atoms with Crippen molar-refractivity contribution >= 4 is 0 Å². The summed E-state index contributed by atoms with van der Waals surface area (Å²) in [5, 5.41) is 8.70. The van der Waals surface area contributed by atoms with Gasteiger partial charge in [-0.05, 0) is 50.9 Å². The Labute approximate surface area is 89.9 Å². The summed E-state index contributed by atoms with van der Waals surface area (Å²) in [6.45, 7) is 2.11. The summed E-state index contributed by atoms with van der Waals surface area (Å²) in [7, 11) is 0. The molecule has 2 aliphatic heterocycles. The Kier molecular flexibility index (Phi) is 1.46. The van der Waals surface area contributed by atoms with Gasteiger partial charge >= 0.3 is 0 Å². The van der Waals surface area contributed by atoms with E-state index in [2.05, 4.69) is 21.7 Å². The first kappa shape index (κ1) is 8.31. The van der Waals surface area contributed by atoms with Gasteiger partial charge in [0.2, 0.25) is 0 Å². The van der Waals surface area contributed by atoms with E-state index in [9.17, 15) is 0 Å². The number of hydrogen-bond acceptors (Lipinski definition) is 2. The maximum absolute atomic E-state index is 4.43. The van der Waals surface area contributed by atoms with Gasteiger partial charge in [0.15, 0.2) is 0 Å². The van der Waals surface area contributed by atoms with E-state index >= 15 is 0 Å². The third-order valence-electron chi connectivity index (χ3n) is 4.74. The van der Waals surface area contributed by atoms with E-state index in [4.69, 9.17) is 0 Å². The Morgan fingerprint density at radius 2 is 1.73 bits per heavy atom. The van der Waals surface area contributed by atoms with Gasteiger partial charge in [-0.15, -0.1) is 10.2 Å². The van der Waals surface area contributed by atoms with Crippen molar-refractivity contribution in [2.45, 2.75) is 51.0 Å². The zero-order valence-electron chi connectivity index (χ0n) is 9.19. The molecule has 0 aromatic carbocycles. The molecule has 0 amide bonds. The molecule has 0 spiro atoms. The van der Waals surface area contributed by atoms with Crippen LogP contribution in [0.25, 0.3) is 0 Å². The van der Waals surface area contributed by atoms with E-state index in [1.54, 1.807) is 0 Å². The normalized spacial score (nSPS) is 41.7. The van der Waals surface area contributed by atoms with Crippen LogP contribution in [-0.4, -0.2) is 14.8 Å². The average Bonchev–Trinajstić information content (AvgIpc) is 2.50. The van der Waals surface area contributed by atoms with Crippen LogP contribution in [0.4, 0.5) is 0 Å². The lowest BCUT2D eigenvalue weighted by Gasteiger charge is -2.38. The van der Waals surface area contributed by atoms with Crippen LogP contribution in [-0.2, 0) is 0 Å². The largest absolute Gasteiger partial charge is 0.312 e. The molecule has 3 heterocycles. The van der Waals surface area contributed by atoms with Crippen molar-refractivity contribution < 1.29 is 0 Å². The molecule has 4 aliphatic rings. The van der Waals surface area contributed by atoms with Gasteiger partial charge in [-0.1, -0.05) is 0 Å². The van der Waals surface area contributed by atoms with Crippen molar-refractivity contribution in [3.63, 3.8) is 0 Å². The molecule has 3 heteroatoms. The van der Waals surface area contributed by atoms with Gasteiger partial charge in [0, 0.05) is 12.0 Å². The molecule has 0 radical (unpaired) electrons. The Bertz CT molecular complexity index is 395. The van der Waals surface area contributed by atoms with Crippen LogP contribution >= 0.6 is 0 Å². The molecular weight excluding hydrogens is 186 g/mol. The summed E-state index contributed by atoms with van der Waals surface area (Å²) in [5.74, 6) is 5.13. The second-order valence-electron chi connectivity index (χ2n) is 5.74. The van der Waals surface area contributed by atoms with Crippen LogP contribution in [0.5, 0.6) is 0 Å². The molecule has 3 nitrogen and oxygen atoms in total. The standard InChI is InChI=1S/C12H17N3/c1-7-13-14-12-10-3-8-2-9(4-10)6-11(5-8)15(7)12/h8-11H,2-6H2,1H3. The van der Waals surface area contributed by atoms with Gasteiger partial charge in [0.05, 0.1) is 0 Å². The molecule has 1 aromatic heterocycles. The van der Waals surface area contributed by atoms with Crippen LogP contribution < -0.4 is 0 Å². The molecule has 2 aliphatic carbocycles. The minimum atomic E-state index is 0.724. The molecule has 0 saturated heterocycles. The Morgan fingerprint density at radius 3 is 2.47 bits per heavy atom. The summed E-state index contributed by atoms with van der Waals surface area (Å²) in [6, 6.07) is 0.728. The number of hydrogen-bond donors (Lipinski definition) is 0. The predicted molar refractivity (Wildman–Crippen MR) is 56.6 cm³/mol. The summed E-state index contributed by atoms with van der Waals surface area (Å²) in [4.78, 5) is 0. The van der Waals surface area contributed by atoms with Crippen LogP contribution in [0, 0.1) is 18.8 Å². The lowest BCUT2D eigenvalue weighted by atomic mass is 9.68. The molecular formula is C12H17N3. The van der Waals surface area contributed by atoms with Crippen molar-refractivity contribution in [2.24, 2.45) is 11.8 Å². The lowest BCUT2D eigenvalue weighted by molar-refractivity contribution is 0.149. The molecule has 15 heavy (non-hydrogen) atoms. The molecule has 2 unspecified atom stereocenters. The van der Waals surface area contributed by atoms with E-state index in [1.807, 2.05) is 0 Å². The molecule has 5 rings (SSSR count). The summed E-state index contributed by atoms with van der Waals surface area (Å²) in [6.07, 6.45) is 7.03. The highest BCUT2D eigenvalue weighted by Gasteiger charge is 2.43. The smallest absolute Gasteiger partial charge is 0.136 e. The monoisotopic (exact) mass is 203 g/mol. The highest BCUT2D eigenvalue weighted by molar-refractivity contribution is 5.11. The van der Waals surface area contributed by atoms with Crippen LogP contribution in [0.1, 0.15) is 55.7 Å². The fourth-order valence-corrected chi connectivity index (χ4v) is 4.35. The Balaban J connectivity index is 1.92. The minimum absolute atomic E-state index is 0.724. The van der Waals surface area contributed by atoms with Crippen LogP contribution in [0.2, 0.25) is 0 Å². The molecule has 1 aromatic rings. The number of nitrogens with zero attached hydrogens (tertiary/aromatic N) is 3. The highest BCUT2D eigenvalue weighted by Crippen LogP contribution is 2.53. The van der Waals surface area contributed by atoms with E-state index < -0.39 is 0 Å². The Hall–Kier alpha value is -0.860. The summed E-state index contributed by atoms with van der Waals surface area (Å²) in [5.41, 5.74) is 0. The van der Waals surface area contributed by atoms with E-state index in [1.165, 1.54) is 37.9 Å². The molecule has 2 saturated carbocycles. The number of aromatic nitrogens is 3. The van der Waals surface area contributed by atoms with Crippen molar-refractivity contribution in [1.82, 2.24) is 14.8 Å². The number of aryl methyl sites for hydroxylation is 1. The number of rotatable bonds is 0. The van der Waals surface area contributed by atoms with Gasteiger partial charge in [0.25, 0.3) is 0 Å². The fourth-order valence-electron chi connectivity index (χ4n) is 4.35. The fraction of sp³-hybridized carbons (Fsp3) is 0.833. The second kappa shape index (κ2) is 2.63. The van der Waals surface area contributed by atoms with Gasteiger partial charge < -0.3 is 4.57 Å². The predicted octanol–water partition coefficient (Wildman–Crippen LogP) is 2.43. The molecule has 2 fully saturated rings. The first-order valence-corrected chi connectivity index (χ1v) is 6.22. The van der Waals surface area contributed by atoms with Gasteiger partial charge in [-0.3, -0.25) is 0 Å². The average molecular weight is 203 g/mol. The quantitative estimate of drug-likeness (QED) is 0.648. The maximum Gasteiger partial charge on any atom is 0.136 e. The molecule has 4 bridgehead atoms. The summed E-state index contributed by atoms with van der Waals surface area (Å²) < 4.78 is 2.46. The van der Waals surface area contributed by atoms with Crippen molar-refractivity contribution in [1.29, 1.82) is 0 Å². The SMILES string of the molecule is Cc1nnc2n1C1CC3CC(CC2C3)C1. The zero-order valence-corrected chi connectivity index (χ0v) is 9.19. The van der Waals surface area contributed by atoms with Crippen LogP contribution in [0.15, 0.2) is 0 Å². The van der Waals surface area contributed by atoms with E-state index in [-0.39, 0.29) is 0 Å². The van der Waals surface area contributed by atoms with E-state index in [0.29, 0.717) is 0 Å². The second-order valence-corrected chi connectivity index (χ2v) is 5.74. The van der Waals surface area contributed by atoms with Gasteiger partial charge in [-0.2, -0.15) is 0 Å². The van der Waals surface area contributed by atoms with Gasteiger partial charge in [-0.25, -0.2) is 0 Å². The van der Waals surface area contributed by atoms with E-state index in [0.717, 1.165) is 29.6 Å². The van der Waals surface area contributed by atoms with Crippen LogP contribution in [0.3, 0.4) is 0 Å². The molecule has 2 atom stereocenters. The van der Waals surface area contributed by atoms with Crippen molar-refractivity contribution in [3.05, 3.63) is 11.6 Å².